The Balaban J connectivity index is 1.24. The van der Waals surface area contributed by atoms with Gasteiger partial charge in [-0.3, -0.25) is 25.0 Å². The van der Waals surface area contributed by atoms with E-state index < -0.39 is 27.9 Å². The van der Waals surface area contributed by atoms with Crippen molar-refractivity contribution in [3.8, 4) is 0 Å². The largest absolute Gasteiger partial charge is 0.445 e. The Morgan fingerprint density at radius 3 is 2.64 bits per heavy atom. The van der Waals surface area contributed by atoms with E-state index in [1.807, 2.05) is 18.2 Å². The maximum atomic E-state index is 13.0. The van der Waals surface area contributed by atoms with Gasteiger partial charge in [-0.1, -0.05) is 48.2 Å². The number of hydrogen-bond donors (Lipinski definition) is 3. The highest BCUT2D eigenvalue weighted by molar-refractivity contribution is 8.01. The third kappa shape index (κ3) is 8.24. The van der Waals surface area contributed by atoms with Crippen LogP contribution in [0.2, 0.25) is 0 Å². The Morgan fingerprint density at radius 1 is 1.09 bits per heavy atom. The van der Waals surface area contributed by atoms with Gasteiger partial charge in [-0.05, 0) is 17.7 Å². The number of nitro benzene ring substituents is 2. The fourth-order valence-electron chi connectivity index (χ4n) is 3.97. The van der Waals surface area contributed by atoms with Gasteiger partial charge in [0.1, 0.15) is 12.6 Å². The normalized spacial score (nSPS) is 11.7. The minimum atomic E-state index is -1.07. The highest BCUT2D eigenvalue weighted by Crippen LogP contribution is 2.39. The molecule has 2 amide bonds. The molecule has 0 bridgehead atoms. The number of hydrazone groups is 1. The first-order chi connectivity index (χ1) is 21.7. The molecule has 5 aromatic rings. The van der Waals surface area contributed by atoms with Crippen molar-refractivity contribution in [1.82, 2.24) is 25.7 Å². The standard InChI is InChI=1S/C28H22N8O7S2/c37-26(22(11-19-14-29-16-30-19)32-27(38)43-15-17-4-2-1-3-5-17)34-31-13-18-6-9-24(23(10-18)36(41)42)44-28-33-21-8-7-20(35(39)40)12-25(21)45-28/h1-10,12-14,16,22H,11,15H2,(H,29,30)(H,32,38)(H,34,37)/b31-13-/t22-/m0/s1. The molecule has 17 heteroatoms. The lowest BCUT2D eigenvalue weighted by atomic mass is 10.1. The minimum absolute atomic E-state index is 0.0117. The van der Waals surface area contributed by atoms with E-state index in [4.69, 9.17) is 4.74 Å². The van der Waals surface area contributed by atoms with Crippen LogP contribution in [0, 0.1) is 20.2 Å². The van der Waals surface area contributed by atoms with E-state index in [-0.39, 0.29) is 24.4 Å². The van der Waals surface area contributed by atoms with Gasteiger partial charge in [-0.2, -0.15) is 5.10 Å². The summed E-state index contributed by atoms with van der Waals surface area (Å²) in [5.41, 5.74) is 4.28. The molecule has 0 fully saturated rings. The molecule has 5 rings (SSSR count). The highest BCUT2D eigenvalue weighted by atomic mass is 32.2. The number of carbonyl (C=O) groups excluding carboxylic acids is 2. The van der Waals surface area contributed by atoms with Gasteiger partial charge in [0, 0.05) is 42.1 Å². The molecule has 0 aliphatic heterocycles. The molecule has 0 saturated carbocycles. The van der Waals surface area contributed by atoms with E-state index in [9.17, 15) is 29.8 Å². The average molecular weight is 647 g/mol. The van der Waals surface area contributed by atoms with Gasteiger partial charge >= 0.3 is 6.09 Å². The van der Waals surface area contributed by atoms with Crippen LogP contribution in [0.3, 0.4) is 0 Å². The molecule has 1 atom stereocenters. The van der Waals surface area contributed by atoms with Gasteiger partial charge in [0.15, 0.2) is 4.34 Å². The summed E-state index contributed by atoms with van der Waals surface area (Å²) in [6.07, 6.45) is 3.44. The van der Waals surface area contributed by atoms with Crippen molar-refractivity contribution in [3.63, 3.8) is 0 Å². The Hall–Kier alpha value is -5.68. The number of nitrogens with one attached hydrogen (secondary N) is 3. The van der Waals surface area contributed by atoms with Crippen molar-refractivity contribution in [2.24, 2.45) is 5.10 Å². The summed E-state index contributed by atoms with van der Waals surface area (Å²) < 4.78 is 6.29. The van der Waals surface area contributed by atoms with Gasteiger partial charge < -0.3 is 15.0 Å². The number of benzene rings is 3. The van der Waals surface area contributed by atoms with Crippen LogP contribution < -0.4 is 10.7 Å². The van der Waals surface area contributed by atoms with E-state index in [1.165, 1.54) is 60.4 Å². The second-order valence-corrected chi connectivity index (χ2v) is 11.6. The molecule has 0 radical (unpaired) electrons. The van der Waals surface area contributed by atoms with Crippen molar-refractivity contribution < 1.29 is 24.2 Å². The molecule has 45 heavy (non-hydrogen) atoms. The fourth-order valence-corrected chi connectivity index (χ4v) is 6.11. The number of ether oxygens (including phenoxy) is 1. The Labute approximate surface area is 262 Å². The second kappa shape index (κ2) is 14.2. The predicted molar refractivity (Wildman–Crippen MR) is 165 cm³/mol. The van der Waals surface area contributed by atoms with Gasteiger partial charge in [-0.25, -0.2) is 20.2 Å². The van der Waals surface area contributed by atoms with E-state index >= 15 is 0 Å². The lowest BCUT2D eigenvalue weighted by molar-refractivity contribution is -0.387. The van der Waals surface area contributed by atoms with Crippen molar-refractivity contribution in [2.75, 3.05) is 0 Å². The number of carbonyl (C=O) groups is 2. The predicted octanol–water partition coefficient (Wildman–Crippen LogP) is 4.97. The molecule has 228 valence electrons. The van der Waals surface area contributed by atoms with Crippen LogP contribution in [0.15, 0.2) is 93.6 Å². The van der Waals surface area contributed by atoms with Crippen LogP contribution in [-0.4, -0.2) is 49.1 Å². The molecule has 2 heterocycles. The number of H-pyrrole nitrogens is 1. The maximum absolute atomic E-state index is 13.0. The van der Waals surface area contributed by atoms with Crippen LogP contribution in [0.5, 0.6) is 0 Å². The zero-order chi connectivity index (χ0) is 31.8. The molecule has 0 saturated heterocycles. The number of alkyl carbamates (subject to hydrolysis) is 1. The van der Waals surface area contributed by atoms with Crippen molar-refractivity contribution in [1.29, 1.82) is 0 Å². The molecule has 0 unspecified atom stereocenters. The van der Waals surface area contributed by atoms with Crippen molar-refractivity contribution in [3.05, 3.63) is 116 Å². The number of aromatic amines is 1. The number of nitrogens with zero attached hydrogens (tertiary/aromatic N) is 5. The lowest BCUT2D eigenvalue weighted by Crippen LogP contribution is -2.47. The number of fused-ring (bicyclic) bond motifs is 1. The molecule has 15 nitrogen and oxygen atoms in total. The first-order valence-electron chi connectivity index (χ1n) is 13.0. The molecule has 3 N–H and O–H groups in total. The highest BCUT2D eigenvalue weighted by Gasteiger charge is 2.23. The van der Waals surface area contributed by atoms with Crippen LogP contribution in [-0.2, 0) is 22.6 Å². The Kier molecular flexibility index (Phi) is 9.70. The molecule has 0 spiro atoms. The number of nitro groups is 2. The molecular formula is C28H22N8O7S2. The number of rotatable bonds is 12. The monoisotopic (exact) mass is 646 g/mol. The summed E-state index contributed by atoms with van der Waals surface area (Å²) in [5, 5.41) is 29.4. The SMILES string of the molecule is O=C(N[C@@H](Cc1cnc[nH]1)C(=O)N/N=C\c1ccc(Sc2nc3ccc([N+](=O)[O-])cc3s2)c([N+](=O)[O-])c1)OCc1ccccc1. The number of imidazole rings is 1. The fraction of sp³-hybridized carbons (Fsp3) is 0.107. The zero-order valence-electron chi connectivity index (χ0n) is 23.0. The molecule has 0 aliphatic carbocycles. The third-order valence-electron chi connectivity index (χ3n) is 6.13. The number of thiazole rings is 1. The van der Waals surface area contributed by atoms with Crippen LogP contribution in [0.4, 0.5) is 16.2 Å². The topological polar surface area (TPSA) is 208 Å². The molecular weight excluding hydrogens is 624 g/mol. The number of aromatic nitrogens is 3. The van der Waals surface area contributed by atoms with Gasteiger partial charge in [0.05, 0.1) is 37.5 Å². The molecule has 0 aliphatic rings. The van der Waals surface area contributed by atoms with Crippen LogP contribution >= 0.6 is 23.1 Å². The first kappa shape index (κ1) is 30.8. The number of hydrogen-bond acceptors (Lipinski definition) is 12. The van der Waals surface area contributed by atoms with E-state index in [0.29, 0.717) is 30.7 Å². The summed E-state index contributed by atoms with van der Waals surface area (Å²) >= 11 is 2.24. The van der Waals surface area contributed by atoms with Crippen molar-refractivity contribution in [2.45, 2.75) is 28.3 Å². The Bertz CT molecular complexity index is 1880. The minimum Gasteiger partial charge on any atom is -0.445 e. The van der Waals surface area contributed by atoms with Crippen LogP contribution in [0.25, 0.3) is 10.2 Å². The lowest BCUT2D eigenvalue weighted by Gasteiger charge is -2.16. The first-order valence-corrected chi connectivity index (χ1v) is 14.7. The van der Waals surface area contributed by atoms with Crippen molar-refractivity contribution >= 4 is 62.9 Å². The zero-order valence-corrected chi connectivity index (χ0v) is 24.6. The third-order valence-corrected chi connectivity index (χ3v) is 8.27. The molecule has 2 aromatic heterocycles. The van der Waals surface area contributed by atoms with E-state index in [2.05, 4.69) is 30.8 Å². The van der Waals surface area contributed by atoms with Gasteiger partial charge in [0.2, 0.25) is 0 Å². The number of amides is 2. The van der Waals surface area contributed by atoms with E-state index in [0.717, 1.165) is 17.3 Å². The maximum Gasteiger partial charge on any atom is 0.408 e. The summed E-state index contributed by atoms with van der Waals surface area (Å²) in [4.78, 5) is 58.7. The van der Waals surface area contributed by atoms with E-state index in [1.54, 1.807) is 18.2 Å². The molecule has 3 aromatic carbocycles. The smallest absolute Gasteiger partial charge is 0.408 e. The van der Waals surface area contributed by atoms with Crippen LogP contribution in [0.1, 0.15) is 16.8 Å². The second-order valence-electron chi connectivity index (χ2n) is 9.25. The average Bonchev–Trinajstić information content (AvgIpc) is 3.69. The quantitative estimate of drug-likeness (QED) is 0.0941. The van der Waals surface area contributed by atoms with Gasteiger partial charge in [0.25, 0.3) is 17.3 Å². The summed E-state index contributed by atoms with van der Waals surface area (Å²) in [7, 11) is 0. The summed E-state index contributed by atoms with van der Waals surface area (Å²) in [6.45, 7) is 0.0117. The number of non-ortho nitro benzene ring substituents is 1. The summed E-state index contributed by atoms with van der Waals surface area (Å²) in [6, 6.07) is 16.6. The Morgan fingerprint density at radius 2 is 1.91 bits per heavy atom. The van der Waals surface area contributed by atoms with Gasteiger partial charge in [-0.15, -0.1) is 11.3 Å². The summed E-state index contributed by atoms with van der Waals surface area (Å²) in [5.74, 6) is -0.657.